The molecule has 1 amide bonds. The highest BCUT2D eigenvalue weighted by atomic mass is 16.2. The van der Waals surface area contributed by atoms with Crippen LogP contribution in [0.25, 0.3) is 5.69 Å². The standard InChI is InChI=1S/C20H21N7O/c21-12-15-16(24-25-19(15)22)7-4-10-23-20(28)18-11-17(13-8-9-13)26-27(18)14-5-2-1-3-6-14/h1-3,5-6,11,13H,4,7-10H2,(H,23,28)(H3,22,24,25). The molecule has 1 aliphatic carbocycles. The molecule has 4 rings (SSSR count). The van der Waals surface area contributed by atoms with Gasteiger partial charge in [-0.2, -0.15) is 15.5 Å². The molecule has 1 aromatic carbocycles. The summed E-state index contributed by atoms with van der Waals surface area (Å²) in [6.07, 6.45) is 3.50. The molecule has 0 atom stereocenters. The quantitative estimate of drug-likeness (QED) is 0.546. The van der Waals surface area contributed by atoms with Crippen LogP contribution in [-0.4, -0.2) is 32.4 Å². The number of aromatic nitrogens is 4. The van der Waals surface area contributed by atoms with Gasteiger partial charge < -0.3 is 11.1 Å². The smallest absolute Gasteiger partial charge is 0.270 e. The molecule has 3 aromatic rings. The molecule has 0 saturated heterocycles. The van der Waals surface area contributed by atoms with Crippen LogP contribution in [0.1, 0.15) is 52.6 Å². The first-order valence-electron chi connectivity index (χ1n) is 9.33. The van der Waals surface area contributed by atoms with Gasteiger partial charge in [0.15, 0.2) is 5.82 Å². The summed E-state index contributed by atoms with van der Waals surface area (Å²) in [6.45, 7) is 0.474. The monoisotopic (exact) mass is 375 g/mol. The van der Waals surface area contributed by atoms with E-state index in [1.54, 1.807) is 4.68 Å². The summed E-state index contributed by atoms with van der Waals surface area (Å²) in [5, 5.41) is 23.3. The number of aryl methyl sites for hydroxylation is 1. The third-order valence-corrected chi connectivity index (χ3v) is 4.83. The maximum absolute atomic E-state index is 12.8. The Morgan fingerprint density at radius 1 is 1.36 bits per heavy atom. The zero-order valence-corrected chi connectivity index (χ0v) is 15.4. The maximum Gasteiger partial charge on any atom is 0.270 e. The fraction of sp³-hybridized carbons (Fsp3) is 0.300. The van der Waals surface area contributed by atoms with E-state index in [4.69, 9.17) is 11.0 Å². The van der Waals surface area contributed by atoms with E-state index in [-0.39, 0.29) is 11.7 Å². The van der Waals surface area contributed by atoms with E-state index >= 15 is 0 Å². The number of anilines is 1. The molecule has 0 spiro atoms. The number of aromatic amines is 1. The highest BCUT2D eigenvalue weighted by Crippen LogP contribution is 2.39. The average Bonchev–Trinajstić information content (AvgIpc) is 3.37. The number of amides is 1. The molecule has 2 aromatic heterocycles. The Balaban J connectivity index is 1.42. The number of carbonyl (C=O) groups is 1. The number of nitrogens with zero attached hydrogens (tertiary/aromatic N) is 4. The van der Waals surface area contributed by atoms with Crippen molar-refractivity contribution in [2.24, 2.45) is 0 Å². The Hall–Kier alpha value is -3.60. The van der Waals surface area contributed by atoms with Crippen LogP contribution in [0.15, 0.2) is 36.4 Å². The second kappa shape index (κ2) is 7.56. The first kappa shape index (κ1) is 17.8. The van der Waals surface area contributed by atoms with Crippen molar-refractivity contribution in [1.29, 1.82) is 5.26 Å². The maximum atomic E-state index is 12.8. The summed E-state index contributed by atoms with van der Waals surface area (Å²) in [5.74, 6) is 0.514. The molecule has 2 heterocycles. The minimum Gasteiger partial charge on any atom is -0.381 e. The number of para-hydroxylation sites is 1. The Labute approximate surface area is 162 Å². The highest BCUT2D eigenvalue weighted by molar-refractivity contribution is 5.93. The lowest BCUT2D eigenvalue weighted by atomic mass is 10.1. The Morgan fingerprint density at radius 2 is 2.14 bits per heavy atom. The Morgan fingerprint density at radius 3 is 2.86 bits per heavy atom. The Kier molecular flexibility index (Phi) is 4.81. The van der Waals surface area contributed by atoms with Crippen molar-refractivity contribution >= 4 is 11.7 Å². The van der Waals surface area contributed by atoms with Gasteiger partial charge in [-0.05, 0) is 43.9 Å². The third-order valence-electron chi connectivity index (χ3n) is 4.83. The SMILES string of the molecule is N#Cc1c(N)n[nH]c1CCCNC(=O)c1cc(C2CC2)nn1-c1ccccc1. The highest BCUT2D eigenvalue weighted by Gasteiger charge is 2.29. The van der Waals surface area contributed by atoms with Gasteiger partial charge >= 0.3 is 0 Å². The molecule has 28 heavy (non-hydrogen) atoms. The number of benzene rings is 1. The van der Waals surface area contributed by atoms with Gasteiger partial charge in [-0.3, -0.25) is 9.89 Å². The van der Waals surface area contributed by atoms with E-state index in [0.717, 1.165) is 24.2 Å². The van der Waals surface area contributed by atoms with E-state index in [1.165, 1.54) is 0 Å². The first-order valence-corrected chi connectivity index (χ1v) is 9.33. The molecule has 0 bridgehead atoms. The number of hydrogen-bond acceptors (Lipinski definition) is 5. The number of nitrogen functional groups attached to an aromatic ring is 1. The van der Waals surface area contributed by atoms with Crippen LogP contribution in [0.4, 0.5) is 5.82 Å². The fourth-order valence-electron chi connectivity index (χ4n) is 3.16. The number of nitrogens with two attached hydrogens (primary N) is 1. The number of rotatable bonds is 7. The van der Waals surface area contributed by atoms with Gasteiger partial charge in [-0.1, -0.05) is 18.2 Å². The molecule has 0 unspecified atom stereocenters. The van der Waals surface area contributed by atoms with Crippen molar-refractivity contribution < 1.29 is 4.79 Å². The number of carbonyl (C=O) groups excluding carboxylic acids is 1. The summed E-state index contributed by atoms with van der Waals surface area (Å²) >= 11 is 0. The largest absolute Gasteiger partial charge is 0.381 e. The molecule has 1 aliphatic rings. The summed E-state index contributed by atoms with van der Waals surface area (Å²) in [7, 11) is 0. The van der Waals surface area contributed by atoms with Gasteiger partial charge in [0.25, 0.3) is 5.91 Å². The molecule has 8 heteroatoms. The average molecular weight is 375 g/mol. The second-order valence-electron chi connectivity index (χ2n) is 6.91. The van der Waals surface area contributed by atoms with Crippen LogP contribution in [-0.2, 0) is 6.42 Å². The van der Waals surface area contributed by atoms with Gasteiger partial charge in [0, 0.05) is 12.5 Å². The number of nitrogens with one attached hydrogen (secondary N) is 2. The lowest BCUT2D eigenvalue weighted by Gasteiger charge is -2.08. The molecule has 142 valence electrons. The number of nitriles is 1. The van der Waals surface area contributed by atoms with E-state index in [1.807, 2.05) is 42.5 Å². The first-order chi connectivity index (χ1) is 13.7. The predicted octanol–water partition coefficient (Wildman–Crippen LogP) is 2.29. The second-order valence-corrected chi connectivity index (χ2v) is 6.91. The van der Waals surface area contributed by atoms with Crippen LogP contribution >= 0.6 is 0 Å². The molecular weight excluding hydrogens is 354 g/mol. The predicted molar refractivity (Wildman–Crippen MR) is 104 cm³/mol. The lowest BCUT2D eigenvalue weighted by molar-refractivity contribution is 0.0945. The van der Waals surface area contributed by atoms with Gasteiger partial charge in [-0.15, -0.1) is 0 Å². The van der Waals surface area contributed by atoms with Crippen molar-refractivity contribution in [3.05, 3.63) is 59.0 Å². The van der Waals surface area contributed by atoms with Crippen LogP contribution < -0.4 is 11.1 Å². The van der Waals surface area contributed by atoms with Crippen LogP contribution in [0.2, 0.25) is 0 Å². The summed E-state index contributed by atoms with van der Waals surface area (Å²) in [4.78, 5) is 12.8. The van der Waals surface area contributed by atoms with Crippen molar-refractivity contribution in [2.75, 3.05) is 12.3 Å². The summed E-state index contributed by atoms with van der Waals surface area (Å²) in [5.41, 5.74) is 9.09. The van der Waals surface area contributed by atoms with Crippen LogP contribution in [0, 0.1) is 11.3 Å². The molecule has 0 aliphatic heterocycles. The molecule has 0 radical (unpaired) electrons. The van der Waals surface area contributed by atoms with E-state index in [2.05, 4.69) is 20.6 Å². The summed E-state index contributed by atoms with van der Waals surface area (Å²) in [6, 6.07) is 13.6. The zero-order chi connectivity index (χ0) is 19.5. The fourth-order valence-corrected chi connectivity index (χ4v) is 3.16. The van der Waals surface area contributed by atoms with Gasteiger partial charge in [0.1, 0.15) is 17.3 Å². The molecule has 4 N–H and O–H groups in total. The minimum atomic E-state index is -0.159. The topological polar surface area (TPSA) is 125 Å². The number of H-pyrrole nitrogens is 1. The Bertz CT molecular complexity index is 1020. The summed E-state index contributed by atoms with van der Waals surface area (Å²) < 4.78 is 1.71. The normalized spacial score (nSPS) is 13.2. The molecular formula is C20H21N7O. The number of hydrogen-bond donors (Lipinski definition) is 3. The molecule has 1 saturated carbocycles. The van der Waals surface area contributed by atoms with Crippen LogP contribution in [0.5, 0.6) is 0 Å². The van der Waals surface area contributed by atoms with Crippen molar-refractivity contribution in [3.8, 4) is 11.8 Å². The van der Waals surface area contributed by atoms with Crippen molar-refractivity contribution in [1.82, 2.24) is 25.3 Å². The van der Waals surface area contributed by atoms with Crippen molar-refractivity contribution in [3.63, 3.8) is 0 Å². The van der Waals surface area contributed by atoms with E-state index < -0.39 is 0 Å². The lowest BCUT2D eigenvalue weighted by Crippen LogP contribution is -2.27. The zero-order valence-electron chi connectivity index (χ0n) is 15.4. The van der Waals surface area contributed by atoms with Crippen molar-refractivity contribution in [2.45, 2.75) is 31.6 Å². The van der Waals surface area contributed by atoms with E-state index in [0.29, 0.717) is 42.3 Å². The minimum absolute atomic E-state index is 0.159. The van der Waals surface area contributed by atoms with Gasteiger partial charge in [0.05, 0.1) is 17.1 Å². The van der Waals surface area contributed by atoms with E-state index in [9.17, 15) is 4.79 Å². The van der Waals surface area contributed by atoms with Gasteiger partial charge in [0.2, 0.25) is 0 Å². The van der Waals surface area contributed by atoms with Crippen LogP contribution in [0.3, 0.4) is 0 Å². The van der Waals surface area contributed by atoms with Gasteiger partial charge in [-0.25, -0.2) is 4.68 Å². The molecule has 1 fully saturated rings. The third kappa shape index (κ3) is 3.60. The molecule has 8 nitrogen and oxygen atoms in total.